The average molecular weight is 333 g/mol. The van der Waals surface area contributed by atoms with Crippen LogP contribution in [0, 0.1) is 6.92 Å². The van der Waals surface area contributed by atoms with Crippen molar-refractivity contribution in [2.24, 2.45) is 0 Å². The number of hydrogen-bond donors (Lipinski definition) is 1. The van der Waals surface area contributed by atoms with Crippen LogP contribution >= 0.6 is 11.3 Å². The SMILES string of the molecule is COC(=O)c1scc(C)c1S(=O)(=O)NC1(C)CCOCC1. The number of esters is 1. The first-order valence-electron chi connectivity index (χ1n) is 6.57. The zero-order valence-corrected chi connectivity index (χ0v) is 13.9. The van der Waals surface area contributed by atoms with Gasteiger partial charge in [-0.15, -0.1) is 11.3 Å². The molecule has 0 atom stereocenters. The van der Waals surface area contributed by atoms with Gasteiger partial charge in [0.15, 0.2) is 0 Å². The van der Waals surface area contributed by atoms with Crippen LogP contribution in [0.3, 0.4) is 0 Å². The molecule has 2 rings (SSSR count). The third-order valence-corrected chi connectivity index (χ3v) is 6.57. The number of carbonyl (C=O) groups is 1. The Hall–Kier alpha value is -0.960. The summed E-state index contributed by atoms with van der Waals surface area (Å²) in [6, 6.07) is 0. The lowest BCUT2D eigenvalue weighted by Crippen LogP contribution is -2.49. The standard InChI is InChI=1S/C13H19NO5S2/c1-9-8-20-10(12(15)18-3)11(9)21(16,17)14-13(2)4-6-19-7-5-13/h8,14H,4-7H2,1-3H3. The van der Waals surface area contributed by atoms with E-state index < -0.39 is 21.5 Å². The van der Waals surface area contributed by atoms with Crippen LogP contribution in [0.15, 0.2) is 10.3 Å². The van der Waals surface area contributed by atoms with Crippen molar-refractivity contribution in [2.45, 2.75) is 37.1 Å². The lowest BCUT2D eigenvalue weighted by atomic mass is 9.94. The van der Waals surface area contributed by atoms with E-state index in [0.29, 0.717) is 31.6 Å². The number of thiophene rings is 1. The van der Waals surface area contributed by atoms with Gasteiger partial charge < -0.3 is 9.47 Å². The molecular formula is C13H19NO5S2. The summed E-state index contributed by atoms with van der Waals surface area (Å²) >= 11 is 1.08. The summed E-state index contributed by atoms with van der Waals surface area (Å²) in [4.78, 5) is 11.9. The highest BCUT2D eigenvalue weighted by molar-refractivity contribution is 7.89. The Morgan fingerprint density at radius 2 is 2.05 bits per heavy atom. The van der Waals surface area contributed by atoms with Crippen LogP contribution in [0.4, 0.5) is 0 Å². The van der Waals surface area contributed by atoms with Crippen molar-refractivity contribution >= 4 is 27.3 Å². The van der Waals surface area contributed by atoms with Gasteiger partial charge in [-0.3, -0.25) is 0 Å². The predicted molar refractivity (Wildman–Crippen MR) is 79.2 cm³/mol. The molecule has 1 aromatic rings. The molecule has 118 valence electrons. The second kappa shape index (κ2) is 6.04. The number of carbonyl (C=O) groups excluding carboxylic acids is 1. The summed E-state index contributed by atoms with van der Waals surface area (Å²) in [6.45, 7) is 4.56. The van der Waals surface area contributed by atoms with Crippen molar-refractivity contribution in [3.05, 3.63) is 15.8 Å². The number of nitrogens with one attached hydrogen (secondary N) is 1. The second-order valence-corrected chi connectivity index (χ2v) is 7.85. The summed E-state index contributed by atoms with van der Waals surface area (Å²) in [7, 11) is -2.55. The van der Waals surface area contributed by atoms with Crippen LogP contribution in [-0.2, 0) is 19.5 Å². The van der Waals surface area contributed by atoms with E-state index in [-0.39, 0.29) is 9.77 Å². The van der Waals surface area contributed by atoms with Gasteiger partial charge in [-0.25, -0.2) is 17.9 Å². The second-order valence-electron chi connectivity index (χ2n) is 5.35. The number of aryl methyl sites for hydroxylation is 1. The molecule has 6 nitrogen and oxygen atoms in total. The Balaban J connectivity index is 2.36. The molecule has 21 heavy (non-hydrogen) atoms. The predicted octanol–water partition coefficient (Wildman–Crippen LogP) is 1.69. The summed E-state index contributed by atoms with van der Waals surface area (Å²) < 4.78 is 38.0. The summed E-state index contributed by atoms with van der Waals surface area (Å²) in [5.41, 5.74) is -0.0117. The van der Waals surface area contributed by atoms with Crippen LogP contribution in [-0.4, -0.2) is 40.2 Å². The van der Waals surface area contributed by atoms with Crippen molar-refractivity contribution in [1.29, 1.82) is 0 Å². The fraction of sp³-hybridized carbons (Fsp3) is 0.615. The van der Waals surface area contributed by atoms with E-state index in [1.807, 2.05) is 6.92 Å². The fourth-order valence-electron chi connectivity index (χ4n) is 2.30. The van der Waals surface area contributed by atoms with E-state index >= 15 is 0 Å². The van der Waals surface area contributed by atoms with Gasteiger partial charge >= 0.3 is 5.97 Å². The molecule has 0 aliphatic carbocycles. The monoisotopic (exact) mass is 333 g/mol. The molecule has 0 spiro atoms. The zero-order valence-electron chi connectivity index (χ0n) is 12.3. The van der Waals surface area contributed by atoms with Gasteiger partial charge in [0.2, 0.25) is 10.0 Å². The first-order valence-corrected chi connectivity index (χ1v) is 8.93. The molecule has 1 aliphatic heterocycles. The number of hydrogen-bond acceptors (Lipinski definition) is 6. The normalized spacial score (nSPS) is 18.4. The van der Waals surface area contributed by atoms with Crippen LogP contribution in [0.25, 0.3) is 0 Å². The number of ether oxygens (including phenoxy) is 2. The maximum absolute atomic E-state index is 12.7. The van der Waals surface area contributed by atoms with Gasteiger partial charge in [0, 0.05) is 18.8 Å². The minimum Gasteiger partial charge on any atom is -0.465 e. The highest BCUT2D eigenvalue weighted by Gasteiger charge is 2.36. The molecule has 1 saturated heterocycles. The molecule has 0 amide bonds. The van der Waals surface area contributed by atoms with Crippen molar-refractivity contribution in [3.8, 4) is 0 Å². The molecule has 2 heterocycles. The van der Waals surface area contributed by atoms with Gasteiger partial charge in [0.05, 0.1) is 7.11 Å². The molecule has 1 aromatic heterocycles. The minimum absolute atomic E-state index is 0.0204. The number of sulfonamides is 1. The van der Waals surface area contributed by atoms with Crippen LogP contribution in [0.1, 0.15) is 35.0 Å². The first-order chi connectivity index (χ1) is 9.79. The lowest BCUT2D eigenvalue weighted by Gasteiger charge is -2.34. The molecule has 0 bridgehead atoms. The van der Waals surface area contributed by atoms with Gasteiger partial charge in [-0.1, -0.05) is 0 Å². The van der Waals surface area contributed by atoms with E-state index in [0.717, 1.165) is 11.3 Å². The van der Waals surface area contributed by atoms with Crippen molar-refractivity contribution < 1.29 is 22.7 Å². The smallest absolute Gasteiger partial charge is 0.349 e. The van der Waals surface area contributed by atoms with Crippen LogP contribution < -0.4 is 4.72 Å². The summed E-state index contributed by atoms with van der Waals surface area (Å²) in [5.74, 6) is -0.634. The van der Waals surface area contributed by atoms with Gasteiger partial charge in [0.25, 0.3) is 0 Å². The molecular weight excluding hydrogens is 314 g/mol. The largest absolute Gasteiger partial charge is 0.465 e. The van der Waals surface area contributed by atoms with E-state index in [9.17, 15) is 13.2 Å². The van der Waals surface area contributed by atoms with E-state index in [1.165, 1.54) is 7.11 Å². The molecule has 1 aliphatic rings. The molecule has 0 unspecified atom stereocenters. The van der Waals surface area contributed by atoms with Crippen molar-refractivity contribution in [3.63, 3.8) is 0 Å². The number of rotatable bonds is 4. The Morgan fingerprint density at radius 3 is 2.62 bits per heavy atom. The van der Waals surface area contributed by atoms with Gasteiger partial charge in [-0.05, 0) is 37.6 Å². The van der Waals surface area contributed by atoms with Gasteiger partial charge in [0.1, 0.15) is 9.77 Å². The number of methoxy groups -OCH3 is 1. The maximum atomic E-state index is 12.7. The van der Waals surface area contributed by atoms with Crippen LogP contribution in [0.2, 0.25) is 0 Å². The Kier molecular flexibility index (Phi) is 4.72. The molecule has 8 heteroatoms. The molecule has 0 aromatic carbocycles. The fourth-order valence-corrected chi connectivity index (χ4v) is 5.47. The third kappa shape index (κ3) is 3.45. The van der Waals surface area contributed by atoms with E-state index in [4.69, 9.17) is 4.74 Å². The third-order valence-electron chi connectivity index (χ3n) is 3.53. The maximum Gasteiger partial charge on any atom is 0.349 e. The lowest BCUT2D eigenvalue weighted by molar-refractivity contribution is 0.0535. The average Bonchev–Trinajstić information content (AvgIpc) is 2.80. The molecule has 0 radical (unpaired) electrons. The quantitative estimate of drug-likeness (QED) is 0.848. The minimum atomic E-state index is -3.79. The Bertz CT molecular complexity index is 629. The van der Waals surface area contributed by atoms with Gasteiger partial charge in [-0.2, -0.15) is 0 Å². The first kappa shape index (κ1) is 16.4. The zero-order chi connectivity index (χ0) is 15.7. The topological polar surface area (TPSA) is 81.7 Å². The van der Waals surface area contributed by atoms with E-state index in [2.05, 4.69) is 9.46 Å². The highest BCUT2D eigenvalue weighted by atomic mass is 32.2. The highest BCUT2D eigenvalue weighted by Crippen LogP contribution is 2.30. The molecule has 0 saturated carbocycles. The van der Waals surface area contributed by atoms with Crippen LogP contribution in [0.5, 0.6) is 0 Å². The van der Waals surface area contributed by atoms with Crippen molar-refractivity contribution in [2.75, 3.05) is 20.3 Å². The Morgan fingerprint density at radius 1 is 1.43 bits per heavy atom. The summed E-state index contributed by atoms with van der Waals surface area (Å²) in [5, 5.41) is 1.65. The molecule has 1 N–H and O–H groups in total. The Labute approximate surface area is 128 Å². The van der Waals surface area contributed by atoms with Crippen molar-refractivity contribution in [1.82, 2.24) is 4.72 Å². The molecule has 1 fully saturated rings. The van der Waals surface area contributed by atoms with E-state index in [1.54, 1.807) is 12.3 Å². The summed E-state index contributed by atoms with van der Waals surface area (Å²) in [6.07, 6.45) is 1.20.